The van der Waals surface area contributed by atoms with E-state index in [0.717, 1.165) is 11.1 Å². The van der Waals surface area contributed by atoms with E-state index in [9.17, 15) is 14.4 Å². The first kappa shape index (κ1) is 21.6. The first-order chi connectivity index (χ1) is 16.4. The molecule has 2 amide bonds. The molecule has 0 atom stereocenters. The minimum atomic E-state index is -0.578. The molecule has 0 saturated carbocycles. The molecule has 0 radical (unpaired) electrons. The van der Waals surface area contributed by atoms with Crippen LogP contribution in [0.3, 0.4) is 0 Å². The van der Waals surface area contributed by atoms with Crippen molar-refractivity contribution in [2.24, 2.45) is 0 Å². The lowest BCUT2D eigenvalue weighted by atomic mass is 10.1. The molecule has 9 heteroatoms. The number of fused-ring (bicyclic) bond motifs is 1. The number of aromatic nitrogens is 4. The number of ketones is 1. The molecule has 0 unspecified atom stereocenters. The summed E-state index contributed by atoms with van der Waals surface area (Å²) < 4.78 is 1.65. The van der Waals surface area contributed by atoms with Crippen molar-refractivity contribution in [3.8, 4) is 5.82 Å². The van der Waals surface area contributed by atoms with Crippen LogP contribution in [-0.2, 0) is 4.79 Å². The molecule has 9 nitrogen and oxygen atoms in total. The van der Waals surface area contributed by atoms with Gasteiger partial charge in [-0.05, 0) is 37.1 Å². The van der Waals surface area contributed by atoms with E-state index in [1.54, 1.807) is 40.3 Å². The third kappa shape index (κ3) is 3.75. The highest BCUT2D eigenvalue weighted by atomic mass is 16.2. The van der Waals surface area contributed by atoms with Gasteiger partial charge in [-0.25, -0.2) is 9.67 Å². The van der Waals surface area contributed by atoms with Gasteiger partial charge in [0.2, 0.25) is 0 Å². The van der Waals surface area contributed by atoms with Crippen LogP contribution in [0.2, 0.25) is 0 Å². The average molecular weight is 457 g/mol. The van der Waals surface area contributed by atoms with Gasteiger partial charge in [-0.2, -0.15) is 5.10 Å². The summed E-state index contributed by atoms with van der Waals surface area (Å²) in [5, 5.41) is 4.98. The van der Waals surface area contributed by atoms with Crippen molar-refractivity contribution in [1.29, 1.82) is 0 Å². The Balaban J connectivity index is 1.35. The minimum absolute atomic E-state index is 0.0693. The molecule has 34 heavy (non-hydrogen) atoms. The number of carbonyl (C=O) groups excluding carboxylic acids is 3. The number of amides is 2. The average Bonchev–Trinajstić information content (AvgIpc) is 3.51. The number of pyridine rings is 1. The molecular weight excluding hydrogens is 432 g/mol. The van der Waals surface area contributed by atoms with Gasteiger partial charge >= 0.3 is 0 Å². The molecular formula is C25H24N6O3. The number of hydrogen-bond donors (Lipinski definition) is 1. The Labute approximate surface area is 196 Å². The highest BCUT2D eigenvalue weighted by Gasteiger charge is 2.30. The van der Waals surface area contributed by atoms with Crippen molar-refractivity contribution in [3.05, 3.63) is 77.4 Å². The smallest absolute Gasteiger partial charge is 0.295 e. The predicted octanol–water partition coefficient (Wildman–Crippen LogP) is 2.53. The maximum Gasteiger partial charge on any atom is 0.295 e. The summed E-state index contributed by atoms with van der Waals surface area (Å²) in [4.78, 5) is 49.8. The van der Waals surface area contributed by atoms with Crippen molar-refractivity contribution in [1.82, 2.24) is 29.5 Å². The quantitative estimate of drug-likeness (QED) is 0.375. The van der Waals surface area contributed by atoms with Gasteiger partial charge in [0.25, 0.3) is 17.6 Å². The van der Waals surface area contributed by atoms with E-state index in [0.29, 0.717) is 54.0 Å². The van der Waals surface area contributed by atoms with E-state index in [2.05, 4.69) is 15.1 Å². The molecule has 4 heterocycles. The second kappa shape index (κ2) is 8.58. The van der Waals surface area contributed by atoms with Crippen LogP contribution in [-0.4, -0.2) is 73.3 Å². The maximum absolute atomic E-state index is 13.2. The Morgan fingerprint density at radius 1 is 0.941 bits per heavy atom. The minimum Gasteiger partial charge on any atom is -0.357 e. The number of nitrogens with zero attached hydrogens (tertiary/aromatic N) is 5. The molecule has 1 saturated heterocycles. The van der Waals surface area contributed by atoms with E-state index < -0.39 is 11.7 Å². The SMILES string of the molecule is Cc1cnn(-c2ncc(C)c3c(C(=O)C(=O)N4CCN(C(=O)c5ccccc5)CC4)c[nH]c23)c1. The van der Waals surface area contributed by atoms with E-state index in [1.807, 2.05) is 38.2 Å². The van der Waals surface area contributed by atoms with Crippen molar-refractivity contribution in [3.63, 3.8) is 0 Å². The number of aryl methyl sites for hydroxylation is 2. The molecule has 0 spiro atoms. The van der Waals surface area contributed by atoms with Crippen molar-refractivity contribution >= 4 is 28.5 Å². The van der Waals surface area contributed by atoms with Crippen molar-refractivity contribution < 1.29 is 14.4 Å². The number of rotatable bonds is 4. The number of nitrogens with one attached hydrogen (secondary N) is 1. The topological polar surface area (TPSA) is 104 Å². The Hall–Kier alpha value is -4.27. The summed E-state index contributed by atoms with van der Waals surface area (Å²) in [6.45, 7) is 5.17. The third-order valence-electron chi connectivity index (χ3n) is 6.12. The third-order valence-corrected chi connectivity index (χ3v) is 6.12. The Morgan fingerprint density at radius 2 is 1.65 bits per heavy atom. The van der Waals surface area contributed by atoms with E-state index in [4.69, 9.17) is 0 Å². The van der Waals surface area contributed by atoms with Crippen LogP contribution in [0.1, 0.15) is 31.8 Å². The number of carbonyl (C=O) groups is 3. The summed E-state index contributed by atoms with van der Waals surface area (Å²) in [7, 11) is 0. The molecule has 1 aliphatic heterocycles. The van der Waals surface area contributed by atoms with Crippen LogP contribution >= 0.6 is 0 Å². The van der Waals surface area contributed by atoms with Gasteiger partial charge < -0.3 is 14.8 Å². The normalized spacial score (nSPS) is 13.9. The molecule has 0 aliphatic carbocycles. The van der Waals surface area contributed by atoms with Crippen LogP contribution < -0.4 is 0 Å². The second-order valence-corrected chi connectivity index (χ2v) is 8.46. The number of hydrogen-bond acceptors (Lipinski definition) is 5. The molecule has 1 aliphatic rings. The van der Waals surface area contributed by atoms with Crippen LogP contribution in [0.5, 0.6) is 0 Å². The zero-order valence-electron chi connectivity index (χ0n) is 19.0. The van der Waals surface area contributed by atoms with Gasteiger partial charge in [-0.1, -0.05) is 18.2 Å². The molecule has 5 rings (SSSR count). The fraction of sp³-hybridized carbons (Fsp3) is 0.240. The van der Waals surface area contributed by atoms with Gasteiger partial charge in [-0.15, -0.1) is 0 Å². The van der Waals surface area contributed by atoms with E-state index in [-0.39, 0.29) is 5.91 Å². The monoisotopic (exact) mass is 456 g/mol. The Morgan fingerprint density at radius 3 is 2.32 bits per heavy atom. The Bertz CT molecular complexity index is 1400. The zero-order valence-corrected chi connectivity index (χ0v) is 19.0. The van der Waals surface area contributed by atoms with Gasteiger partial charge in [0, 0.05) is 55.7 Å². The first-order valence-corrected chi connectivity index (χ1v) is 11.1. The lowest BCUT2D eigenvalue weighted by molar-refractivity contribution is -0.127. The number of H-pyrrole nitrogens is 1. The van der Waals surface area contributed by atoms with Crippen molar-refractivity contribution in [2.45, 2.75) is 13.8 Å². The lowest BCUT2D eigenvalue weighted by Crippen LogP contribution is -2.52. The van der Waals surface area contributed by atoms with Crippen LogP contribution in [0.4, 0.5) is 0 Å². The highest BCUT2D eigenvalue weighted by molar-refractivity contribution is 6.45. The van der Waals surface area contributed by atoms with Crippen LogP contribution in [0, 0.1) is 13.8 Å². The lowest BCUT2D eigenvalue weighted by Gasteiger charge is -2.34. The Kier molecular flexibility index (Phi) is 5.45. The number of Topliss-reactive ketones (excluding diaryl/α,β-unsaturated/α-hetero) is 1. The van der Waals surface area contributed by atoms with Crippen molar-refractivity contribution in [2.75, 3.05) is 26.2 Å². The molecule has 1 fully saturated rings. The molecule has 1 aromatic carbocycles. The largest absolute Gasteiger partial charge is 0.357 e. The maximum atomic E-state index is 13.2. The molecule has 1 N–H and O–H groups in total. The summed E-state index contributed by atoms with van der Waals surface area (Å²) in [6, 6.07) is 9.06. The van der Waals surface area contributed by atoms with Gasteiger partial charge in [-0.3, -0.25) is 14.4 Å². The van der Waals surface area contributed by atoms with E-state index in [1.165, 1.54) is 4.90 Å². The molecule has 4 aromatic rings. The van der Waals surface area contributed by atoms with E-state index >= 15 is 0 Å². The zero-order chi connectivity index (χ0) is 23.8. The summed E-state index contributed by atoms with van der Waals surface area (Å²) in [5.74, 6) is -0.653. The fourth-order valence-electron chi connectivity index (χ4n) is 4.31. The molecule has 172 valence electrons. The molecule has 3 aromatic heterocycles. The fourth-order valence-corrected chi connectivity index (χ4v) is 4.31. The molecule has 0 bridgehead atoms. The van der Waals surface area contributed by atoms with Crippen LogP contribution in [0.25, 0.3) is 16.7 Å². The first-order valence-electron chi connectivity index (χ1n) is 11.1. The van der Waals surface area contributed by atoms with Gasteiger partial charge in [0.15, 0.2) is 5.82 Å². The second-order valence-electron chi connectivity index (χ2n) is 8.46. The highest BCUT2D eigenvalue weighted by Crippen LogP contribution is 2.27. The summed E-state index contributed by atoms with van der Waals surface area (Å²) in [6.07, 6.45) is 6.82. The van der Waals surface area contributed by atoms with Gasteiger partial charge in [0.05, 0.1) is 17.3 Å². The number of aromatic amines is 1. The van der Waals surface area contributed by atoms with Gasteiger partial charge in [0.1, 0.15) is 0 Å². The standard InChI is InChI=1S/C25H24N6O3/c1-16-12-28-31(15-16)23-21-20(17(2)13-27-23)19(14-26-21)22(32)25(34)30-10-8-29(9-11-30)24(33)18-6-4-3-5-7-18/h3-7,12-15,26H,8-11H2,1-2H3. The summed E-state index contributed by atoms with van der Waals surface area (Å²) >= 11 is 0. The predicted molar refractivity (Wildman–Crippen MR) is 126 cm³/mol. The number of piperazine rings is 1. The summed E-state index contributed by atoms with van der Waals surface area (Å²) in [5.41, 5.74) is 3.35. The van der Waals surface area contributed by atoms with Crippen LogP contribution in [0.15, 0.2) is 55.1 Å². The number of benzene rings is 1.